The highest BCUT2D eigenvalue weighted by atomic mass is 32.2. The lowest BCUT2D eigenvalue weighted by atomic mass is 9.95. The molecule has 0 heterocycles. The summed E-state index contributed by atoms with van der Waals surface area (Å²) in [4.78, 5) is 14.1. The third-order valence-electron chi connectivity index (χ3n) is 6.60. The molecule has 0 spiro atoms. The van der Waals surface area contributed by atoms with Crippen LogP contribution in [0.4, 0.5) is 0 Å². The molecule has 0 saturated heterocycles. The van der Waals surface area contributed by atoms with E-state index in [1.54, 1.807) is 35.3 Å². The maximum absolute atomic E-state index is 14.1. The van der Waals surface area contributed by atoms with Crippen molar-refractivity contribution in [3.05, 3.63) is 108 Å². The molecule has 0 saturated carbocycles. The molecule has 0 aliphatic heterocycles. The van der Waals surface area contributed by atoms with E-state index in [9.17, 15) is 4.79 Å². The van der Waals surface area contributed by atoms with Gasteiger partial charge in [-0.1, -0.05) is 91.0 Å². The second-order valence-corrected chi connectivity index (χ2v) is 15.7. The van der Waals surface area contributed by atoms with Crippen LogP contribution in [0.2, 0.25) is 0 Å². The van der Waals surface area contributed by atoms with Gasteiger partial charge in [0.05, 0.1) is 25.2 Å². The van der Waals surface area contributed by atoms with E-state index in [0.29, 0.717) is 37.1 Å². The van der Waals surface area contributed by atoms with E-state index in [0.717, 1.165) is 16.7 Å². The molecule has 0 aliphatic carbocycles. The van der Waals surface area contributed by atoms with Gasteiger partial charge >= 0.3 is 5.97 Å². The first kappa shape index (κ1) is 36.5. The first-order valence-electron chi connectivity index (χ1n) is 15.1. The third-order valence-corrected chi connectivity index (χ3v) is 10.6. The van der Waals surface area contributed by atoms with Crippen molar-refractivity contribution in [3.8, 4) is 0 Å². The topological polar surface area (TPSA) is 54.0 Å². The Bertz CT molecular complexity index is 1070. The molecule has 0 fully saturated rings. The van der Waals surface area contributed by atoms with Crippen LogP contribution in [0.15, 0.2) is 91.0 Å². The molecule has 5 nitrogen and oxygen atoms in total. The lowest BCUT2D eigenvalue weighted by Gasteiger charge is -2.35. The smallest absolute Gasteiger partial charge is 0.315 e. The summed E-state index contributed by atoms with van der Waals surface area (Å²) in [5.74, 6) is 1.45. The maximum atomic E-state index is 14.1. The highest BCUT2D eigenvalue weighted by Gasteiger charge is 2.43. The van der Waals surface area contributed by atoms with Crippen molar-refractivity contribution >= 4 is 41.3 Å². The first-order valence-corrected chi connectivity index (χ1v) is 18.2. The van der Waals surface area contributed by atoms with Gasteiger partial charge in [0.15, 0.2) is 0 Å². The van der Waals surface area contributed by atoms with Crippen molar-refractivity contribution in [1.82, 2.24) is 0 Å². The summed E-state index contributed by atoms with van der Waals surface area (Å²) in [6.45, 7) is 13.5. The van der Waals surface area contributed by atoms with Gasteiger partial charge in [0.1, 0.15) is 21.9 Å². The quantitative estimate of drug-likeness (QED) is 0.0935. The highest BCUT2D eigenvalue weighted by molar-refractivity contribution is 8.01. The Hall–Kier alpha value is -1.94. The van der Waals surface area contributed by atoms with Crippen LogP contribution in [0.3, 0.4) is 0 Å². The number of esters is 1. The molecular formula is C36H48O5S3. The molecule has 3 unspecified atom stereocenters. The van der Waals surface area contributed by atoms with Crippen LogP contribution >= 0.6 is 35.3 Å². The lowest BCUT2D eigenvalue weighted by molar-refractivity contribution is -0.163. The Balaban J connectivity index is 1.72. The van der Waals surface area contributed by atoms with E-state index in [2.05, 4.69) is 36.4 Å². The molecular weight excluding hydrogens is 609 g/mol. The molecule has 3 atom stereocenters. The SMILES string of the molecule is CC(OCc1ccccc1)SCC(CSC(C)OCc1ccccc1)(CSC(C)OCc1ccccc1)C(=O)OC(C)(C)C. The fourth-order valence-corrected chi connectivity index (χ4v) is 7.53. The molecule has 3 aromatic carbocycles. The number of ether oxygens (including phenoxy) is 4. The minimum atomic E-state index is -0.785. The summed E-state index contributed by atoms with van der Waals surface area (Å²) in [6, 6.07) is 30.4. The van der Waals surface area contributed by atoms with Gasteiger partial charge in [-0.3, -0.25) is 4.79 Å². The number of hydrogen-bond acceptors (Lipinski definition) is 8. The molecule has 0 bridgehead atoms. The van der Waals surface area contributed by atoms with Crippen LogP contribution in [0, 0.1) is 5.41 Å². The molecule has 240 valence electrons. The van der Waals surface area contributed by atoms with Crippen molar-refractivity contribution in [1.29, 1.82) is 0 Å². The van der Waals surface area contributed by atoms with Crippen molar-refractivity contribution in [2.75, 3.05) is 17.3 Å². The zero-order chi connectivity index (χ0) is 31.8. The standard InChI is InChI=1S/C36H48O5S3/c1-28(38-22-31-16-10-7-11-17-31)42-25-36(34(37)41-35(4,5)6,26-43-29(2)39-23-32-18-12-8-13-19-32)27-44-30(3)40-24-33-20-14-9-15-21-33/h7-21,28-30H,22-27H2,1-6H3. The van der Waals surface area contributed by atoms with Crippen molar-refractivity contribution < 1.29 is 23.7 Å². The van der Waals surface area contributed by atoms with Gasteiger partial charge in [-0.2, -0.15) is 0 Å². The molecule has 0 aromatic heterocycles. The summed E-state index contributed by atoms with van der Waals surface area (Å²) in [5, 5.41) is 0. The number of carbonyl (C=O) groups excluding carboxylic acids is 1. The number of thioether (sulfide) groups is 3. The molecule has 0 N–H and O–H groups in total. The predicted octanol–water partition coefficient (Wildman–Crippen LogP) is 9.20. The Morgan fingerprint density at radius 2 is 0.864 bits per heavy atom. The summed E-state index contributed by atoms with van der Waals surface area (Å²) in [7, 11) is 0. The van der Waals surface area contributed by atoms with E-state index < -0.39 is 11.0 Å². The van der Waals surface area contributed by atoms with Crippen LogP contribution in [0.1, 0.15) is 58.2 Å². The number of rotatable bonds is 19. The Kier molecular flexibility index (Phi) is 15.7. The average molecular weight is 657 g/mol. The van der Waals surface area contributed by atoms with Crippen molar-refractivity contribution in [3.63, 3.8) is 0 Å². The predicted molar refractivity (Wildman–Crippen MR) is 188 cm³/mol. The monoisotopic (exact) mass is 656 g/mol. The van der Waals surface area contributed by atoms with Gasteiger partial charge in [-0.25, -0.2) is 0 Å². The van der Waals surface area contributed by atoms with E-state index in [4.69, 9.17) is 18.9 Å². The van der Waals surface area contributed by atoms with Crippen LogP contribution in [0.25, 0.3) is 0 Å². The number of carbonyl (C=O) groups is 1. The Morgan fingerprint density at radius 3 is 1.14 bits per heavy atom. The largest absolute Gasteiger partial charge is 0.459 e. The van der Waals surface area contributed by atoms with Gasteiger partial charge in [0.2, 0.25) is 0 Å². The third kappa shape index (κ3) is 14.0. The van der Waals surface area contributed by atoms with Crippen LogP contribution in [-0.4, -0.2) is 45.1 Å². The lowest BCUT2D eigenvalue weighted by Crippen LogP contribution is -2.44. The van der Waals surface area contributed by atoms with Gasteiger partial charge < -0.3 is 18.9 Å². The van der Waals surface area contributed by atoms with Gasteiger partial charge in [0, 0.05) is 17.3 Å². The zero-order valence-electron chi connectivity index (χ0n) is 26.9. The maximum Gasteiger partial charge on any atom is 0.315 e. The molecule has 0 radical (unpaired) electrons. The summed E-state index contributed by atoms with van der Waals surface area (Å²) >= 11 is 4.95. The minimum Gasteiger partial charge on any atom is -0.459 e. The molecule has 0 amide bonds. The molecule has 3 rings (SSSR count). The average Bonchev–Trinajstić information content (AvgIpc) is 3.02. The van der Waals surface area contributed by atoms with Crippen LogP contribution < -0.4 is 0 Å². The van der Waals surface area contributed by atoms with Gasteiger partial charge in [-0.15, -0.1) is 35.3 Å². The number of hydrogen-bond donors (Lipinski definition) is 0. The molecule has 0 aliphatic rings. The summed E-state index contributed by atoms with van der Waals surface area (Å²) in [5.41, 5.74) is 1.66. The highest BCUT2D eigenvalue weighted by Crippen LogP contribution is 2.38. The van der Waals surface area contributed by atoms with Gasteiger partial charge in [-0.05, 0) is 58.2 Å². The van der Waals surface area contributed by atoms with E-state index in [1.807, 2.05) is 96.1 Å². The molecule has 3 aromatic rings. The van der Waals surface area contributed by atoms with Crippen LogP contribution in [-0.2, 0) is 43.6 Å². The van der Waals surface area contributed by atoms with Crippen molar-refractivity contribution in [2.45, 2.75) is 83.3 Å². The van der Waals surface area contributed by atoms with E-state index >= 15 is 0 Å². The zero-order valence-corrected chi connectivity index (χ0v) is 29.4. The second kappa shape index (κ2) is 18.9. The first-order chi connectivity index (χ1) is 21.0. The fourth-order valence-electron chi connectivity index (χ4n) is 4.03. The van der Waals surface area contributed by atoms with Crippen LogP contribution in [0.5, 0.6) is 0 Å². The normalized spacial score (nSPS) is 15.2. The second-order valence-electron chi connectivity index (χ2n) is 11.8. The Morgan fingerprint density at radius 1 is 0.568 bits per heavy atom. The summed E-state index contributed by atoms with van der Waals surface area (Å²) in [6.07, 6.45) is 0. The fraction of sp³-hybridized carbons (Fsp3) is 0.472. The number of benzene rings is 3. The summed E-state index contributed by atoms with van der Waals surface area (Å²) < 4.78 is 24.6. The van der Waals surface area contributed by atoms with Gasteiger partial charge in [0.25, 0.3) is 0 Å². The van der Waals surface area contributed by atoms with E-state index in [1.165, 1.54) is 0 Å². The molecule has 44 heavy (non-hydrogen) atoms. The minimum absolute atomic E-state index is 0.106. The van der Waals surface area contributed by atoms with Crippen molar-refractivity contribution in [2.24, 2.45) is 5.41 Å². The molecule has 8 heteroatoms. The Labute approximate surface area is 277 Å². The van der Waals surface area contributed by atoms with E-state index in [-0.39, 0.29) is 22.3 Å².